The van der Waals surface area contributed by atoms with Gasteiger partial charge in [-0.1, -0.05) is 19.9 Å². The third kappa shape index (κ3) is 5.81. The van der Waals surface area contributed by atoms with Crippen LogP contribution in [0.5, 0.6) is 11.5 Å². The molecule has 1 saturated heterocycles. The van der Waals surface area contributed by atoms with Gasteiger partial charge in [0.15, 0.2) is 5.78 Å². The molecular weight excluding hydrogens is 464 g/mol. The Hall–Kier alpha value is -2.27. The van der Waals surface area contributed by atoms with E-state index in [1.165, 1.54) is 34.2 Å². The van der Waals surface area contributed by atoms with Crippen molar-refractivity contribution in [3.8, 4) is 11.5 Å². The van der Waals surface area contributed by atoms with Crippen molar-refractivity contribution in [1.82, 2.24) is 8.61 Å². The molecule has 1 aliphatic rings. The molecule has 180 valence electrons. The first-order valence-corrected chi connectivity index (χ1v) is 13.0. The number of carbonyl (C=O) groups excluding carboxylic acids is 2. The minimum absolute atomic E-state index is 0.00120. The number of benzene rings is 1. The van der Waals surface area contributed by atoms with Crippen LogP contribution in [0.3, 0.4) is 0 Å². The average Bonchev–Trinajstić information content (AvgIpc) is 3.35. The third-order valence-corrected chi connectivity index (χ3v) is 8.61. The second-order valence-electron chi connectivity index (χ2n) is 8.35. The number of carbonyl (C=O) groups is 2. The summed E-state index contributed by atoms with van der Waals surface area (Å²) in [6.45, 7) is 4.31. The lowest BCUT2D eigenvalue weighted by molar-refractivity contribution is -0.110. The number of aldehydes is 1. The standard InChI is InChI=1S/C23H30N2O6S2/c1-16(2)5-9-21(27)23-10-8-20(32-23)14-24-13-18(15-26)25(33(24,28)29)12-17-6-7-19(30-3)11-22(17)31-4/h6-8,10-11,15-16,18H,5,9,12-14H2,1-4H3. The van der Waals surface area contributed by atoms with Crippen LogP contribution in [-0.4, -0.2) is 55.9 Å². The molecule has 1 aliphatic heterocycles. The van der Waals surface area contributed by atoms with E-state index in [4.69, 9.17) is 9.47 Å². The van der Waals surface area contributed by atoms with E-state index in [0.29, 0.717) is 40.6 Å². The Labute approximate surface area is 199 Å². The summed E-state index contributed by atoms with van der Waals surface area (Å²) in [6.07, 6.45) is 1.95. The summed E-state index contributed by atoms with van der Waals surface area (Å²) in [6, 6.07) is 7.85. The van der Waals surface area contributed by atoms with E-state index in [9.17, 15) is 18.0 Å². The third-order valence-electron chi connectivity index (χ3n) is 5.58. The molecule has 1 aromatic heterocycles. The highest BCUT2D eigenvalue weighted by molar-refractivity contribution is 7.87. The topological polar surface area (TPSA) is 93.2 Å². The number of ketones is 1. The molecule has 2 aromatic rings. The summed E-state index contributed by atoms with van der Waals surface area (Å²) >= 11 is 1.31. The number of methoxy groups -OCH3 is 2. The molecule has 0 bridgehead atoms. The summed E-state index contributed by atoms with van der Waals surface area (Å²) in [5.74, 6) is 1.59. The fourth-order valence-electron chi connectivity index (χ4n) is 3.65. The van der Waals surface area contributed by atoms with Gasteiger partial charge in [0, 0.05) is 42.6 Å². The molecule has 2 heterocycles. The Morgan fingerprint density at radius 3 is 2.58 bits per heavy atom. The summed E-state index contributed by atoms with van der Waals surface area (Å²) < 4.78 is 39.6. The van der Waals surface area contributed by atoms with Gasteiger partial charge in [-0.25, -0.2) is 0 Å². The molecule has 0 amide bonds. The van der Waals surface area contributed by atoms with E-state index in [1.807, 2.05) is 0 Å². The molecule has 10 heteroatoms. The number of hydrogen-bond donors (Lipinski definition) is 0. The van der Waals surface area contributed by atoms with E-state index in [1.54, 1.807) is 30.3 Å². The summed E-state index contributed by atoms with van der Waals surface area (Å²) in [5, 5.41) is 0. The summed E-state index contributed by atoms with van der Waals surface area (Å²) in [5.41, 5.74) is 0.629. The fraction of sp³-hybridized carbons (Fsp3) is 0.478. The molecule has 1 aromatic carbocycles. The lowest BCUT2D eigenvalue weighted by atomic mass is 10.1. The lowest BCUT2D eigenvalue weighted by Crippen LogP contribution is -2.36. The lowest BCUT2D eigenvalue weighted by Gasteiger charge is -2.21. The molecule has 8 nitrogen and oxygen atoms in total. The molecule has 0 saturated carbocycles. The van der Waals surface area contributed by atoms with Crippen LogP contribution < -0.4 is 9.47 Å². The van der Waals surface area contributed by atoms with Crippen LogP contribution in [-0.2, 0) is 28.1 Å². The fourth-order valence-corrected chi connectivity index (χ4v) is 6.42. The van der Waals surface area contributed by atoms with Gasteiger partial charge in [0.1, 0.15) is 17.8 Å². The molecule has 1 atom stereocenters. The molecule has 1 unspecified atom stereocenters. The Morgan fingerprint density at radius 1 is 1.18 bits per heavy atom. The van der Waals surface area contributed by atoms with Crippen LogP contribution >= 0.6 is 11.3 Å². The van der Waals surface area contributed by atoms with Gasteiger partial charge < -0.3 is 14.3 Å². The monoisotopic (exact) mass is 494 g/mol. The normalized spacial score (nSPS) is 18.5. The Morgan fingerprint density at radius 2 is 1.94 bits per heavy atom. The summed E-state index contributed by atoms with van der Waals surface area (Å²) in [4.78, 5) is 25.5. The predicted molar refractivity (Wildman–Crippen MR) is 127 cm³/mol. The van der Waals surface area contributed by atoms with E-state index in [2.05, 4.69) is 13.8 Å². The van der Waals surface area contributed by atoms with Gasteiger partial charge in [0.05, 0.1) is 25.1 Å². The maximum absolute atomic E-state index is 13.3. The van der Waals surface area contributed by atoms with Gasteiger partial charge in [0.2, 0.25) is 0 Å². The first-order valence-electron chi connectivity index (χ1n) is 10.7. The van der Waals surface area contributed by atoms with Crippen LogP contribution in [0.15, 0.2) is 30.3 Å². The number of ether oxygens (including phenoxy) is 2. The van der Waals surface area contributed by atoms with Crippen LogP contribution in [0.25, 0.3) is 0 Å². The summed E-state index contributed by atoms with van der Waals surface area (Å²) in [7, 11) is -0.856. The van der Waals surface area contributed by atoms with Gasteiger partial charge in [-0.15, -0.1) is 11.3 Å². The maximum Gasteiger partial charge on any atom is 0.283 e. The zero-order chi connectivity index (χ0) is 24.2. The van der Waals surface area contributed by atoms with Crippen LogP contribution in [0.1, 0.15) is 46.8 Å². The van der Waals surface area contributed by atoms with Crippen LogP contribution in [0.4, 0.5) is 0 Å². The Balaban J connectivity index is 1.76. The van der Waals surface area contributed by atoms with Crippen LogP contribution in [0, 0.1) is 5.92 Å². The minimum Gasteiger partial charge on any atom is -0.497 e. The second kappa shape index (κ2) is 10.8. The van der Waals surface area contributed by atoms with Gasteiger partial charge >= 0.3 is 0 Å². The second-order valence-corrected chi connectivity index (χ2v) is 11.4. The number of nitrogens with zero attached hydrogens (tertiary/aromatic N) is 2. The van der Waals surface area contributed by atoms with Crippen molar-refractivity contribution in [2.24, 2.45) is 5.92 Å². The number of Topliss-reactive ketones (excluding diaryl/α,β-unsaturated/α-hetero) is 1. The highest BCUT2D eigenvalue weighted by atomic mass is 32.2. The number of rotatable bonds is 11. The van der Waals surface area contributed by atoms with Crippen molar-refractivity contribution in [3.05, 3.63) is 45.6 Å². The smallest absolute Gasteiger partial charge is 0.283 e. The first kappa shape index (κ1) is 25.4. The van der Waals surface area contributed by atoms with Crippen molar-refractivity contribution in [2.75, 3.05) is 20.8 Å². The Bertz CT molecular complexity index is 1100. The zero-order valence-electron chi connectivity index (χ0n) is 19.3. The number of thiophene rings is 1. The molecule has 33 heavy (non-hydrogen) atoms. The highest BCUT2D eigenvalue weighted by Crippen LogP contribution is 2.32. The van der Waals surface area contributed by atoms with Crippen molar-refractivity contribution in [1.29, 1.82) is 0 Å². The maximum atomic E-state index is 13.3. The van der Waals surface area contributed by atoms with Crippen LogP contribution in [0.2, 0.25) is 0 Å². The van der Waals surface area contributed by atoms with E-state index in [-0.39, 0.29) is 25.4 Å². The van der Waals surface area contributed by atoms with Crippen molar-refractivity contribution in [3.63, 3.8) is 0 Å². The molecule has 0 radical (unpaired) electrons. The highest BCUT2D eigenvalue weighted by Gasteiger charge is 2.44. The van der Waals surface area contributed by atoms with Crippen molar-refractivity contribution < 1.29 is 27.5 Å². The van der Waals surface area contributed by atoms with E-state index < -0.39 is 16.3 Å². The quantitative estimate of drug-likeness (QED) is 0.351. The predicted octanol–water partition coefficient (Wildman–Crippen LogP) is 3.51. The molecule has 0 aliphatic carbocycles. The largest absolute Gasteiger partial charge is 0.497 e. The molecule has 1 fully saturated rings. The molecule has 3 rings (SSSR count). The van der Waals surface area contributed by atoms with Gasteiger partial charge in [0.25, 0.3) is 10.2 Å². The van der Waals surface area contributed by atoms with E-state index >= 15 is 0 Å². The average molecular weight is 495 g/mol. The zero-order valence-corrected chi connectivity index (χ0v) is 20.9. The molecular formula is C23H30N2O6S2. The molecule has 0 N–H and O–H groups in total. The minimum atomic E-state index is -3.89. The van der Waals surface area contributed by atoms with E-state index in [0.717, 1.165) is 11.3 Å². The van der Waals surface area contributed by atoms with Gasteiger partial charge in [-0.2, -0.15) is 17.0 Å². The van der Waals surface area contributed by atoms with Gasteiger partial charge in [-0.3, -0.25) is 4.79 Å². The first-order chi connectivity index (χ1) is 15.7. The SMILES string of the molecule is COc1ccc(CN2C(C=O)CN(Cc3ccc(C(=O)CCC(C)C)s3)S2(=O)=O)c(OC)c1. The van der Waals surface area contributed by atoms with Crippen molar-refractivity contribution >= 4 is 33.6 Å². The molecule has 0 spiro atoms. The van der Waals surface area contributed by atoms with Gasteiger partial charge in [-0.05, 0) is 30.5 Å². The Kier molecular flexibility index (Phi) is 8.28. The number of hydrogen-bond acceptors (Lipinski definition) is 7. The van der Waals surface area contributed by atoms with Crippen molar-refractivity contribution in [2.45, 2.75) is 45.8 Å².